The SMILES string of the molecule is Cc1cc(C(=O)O)ccc1C=Cc1ccc(-c2cc3cc(Cl)ccc3o2)cc1. The lowest BCUT2D eigenvalue weighted by atomic mass is 10.0. The van der Waals surface area contributed by atoms with Crippen LogP contribution in [-0.2, 0) is 0 Å². The third-order valence-corrected chi connectivity index (χ3v) is 4.88. The Bertz CT molecular complexity index is 1200. The monoisotopic (exact) mass is 388 g/mol. The summed E-state index contributed by atoms with van der Waals surface area (Å²) in [4.78, 5) is 11.0. The third kappa shape index (κ3) is 3.71. The number of halogens is 1. The quantitative estimate of drug-likeness (QED) is 0.385. The maximum atomic E-state index is 11.0. The number of benzene rings is 3. The van der Waals surface area contributed by atoms with Crippen LogP contribution in [0.3, 0.4) is 0 Å². The van der Waals surface area contributed by atoms with E-state index in [-0.39, 0.29) is 0 Å². The van der Waals surface area contributed by atoms with E-state index in [9.17, 15) is 4.79 Å². The van der Waals surface area contributed by atoms with Gasteiger partial charge in [0.25, 0.3) is 0 Å². The van der Waals surface area contributed by atoms with Crippen LogP contribution in [0.4, 0.5) is 0 Å². The van der Waals surface area contributed by atoms with Gasteiger partial charge >= 0.3 is 5.97 Å². The first-order chi connectivity index (χ1) is 13.5. The number of rotatable bonds is 4. The van der Waals surface area contributed by atoms with E-state index in [1.54, 1.807) is 12.1 Å². The van der Waals surface area contributed by atoms with Crippen molar-refractivity contribution >= 4 is 40.7 Å². The smallest absolute Gasteiger partial charge is 0.335 e. The van der Waals surface area contributed by atoms with Gasteiger partial charge in [0.15, 0.2) is 0 Å². The Morgan fingerprint density at radius 2 is 1.75 bits per heavy atom. The Morgan fingerprint density at radius 3 is 2.46 bits per heavy atom. The summed E-state index contributed by atoms with van der Waals surface area (Å²) in [5, 5.41) is 10.7. The summed E-state index contributed by atoms with van der Waals surface area (Å²) in [6.07, 6.45) is 3.99. The zero-order chi connectivity index (χ0) is 19.7. The number of hydrogen-bond acceptors (Lipinski definition) is 2. The van der Waals surface area contributed by atoms with Gasteiger partial charge in [0.05, 0.1) is 5.56 Å². The highest BCUT2D eigenvalue weighted by molar-refractivity contribution is 6.31. The van der Waals surface area contributed by atoms with Crippen molar-refractivity contribution < 1.29 is 14.3 Å². The van der Waals surface area contributed by atoms with E-state index < -0.39 is 5.97 Å². The summed E-state index contributed by atoms with van der Waals surface area (Å²) in [6.45, 7) is 1.91. The summed E-state index contributed by atoms with van der Waals surface area (Å²) in [5.74, 6) is -0.116. The van der Waals surface area contributed by atoms with Crippen LogP contribution >= 0.6 is 11.6 Å². The van der Waals surface area contributed by atoms with Crippen LogP contribution in [0.2, 0.25) is 5.02 Å². The number of carboxylic acid groups (broad SMARTS) is 1. The van der Waals surface area contributed by atoms with E-state index >= 15 is 0 Å². The van der Waals surface area contributed by atoms with Crippen LogP contribution in [0.5, 0.6) is 0 Å². The van der Waals surface area contributed by atoms with Crippen LogP contribution in [0.25, 0.3) is 34.4 Å². The van der Waals surface area contributed by atoms with Gasteiger partial charge in [-0.05, 0) is 60.0 Å². The molecule has 1 aromatic heterocycles. The van der Waals surface area contributed by atoms with Crippen LogP contribution < -0.4 is 0 Å². The second kappa shape index (κ2) is 7.37. The molecular formula is C24H17ClO3. The van der Waals surface area contributed by atoms with Gasteiger partial charge < -0.3 is 9.52 Å². The van der Waals surface area contributed by atoms with Crippen molar-refractivity contribution in [2.75, 3.05) is 0 Å². The van der Waals surface area contributed by atoms with Crippen LogP contribution in [0, 0.1) is 6.92 Å². The van der Waals surface area contributed by atoms with Crippen molar-refractivity contribution in [3.63, 3.8) is 0 Å². The Balaban J connectivity index is 1.56. The van der Waals surface area contributed by atoms with Gasteiger partial charge in [0.2, 0.25) is 0 Å². The second-order valence-corrected chi connectivity index (χ2v) is 7.06. The summed E-state index contributed by atoms with van der Waals surface area (Å²) < 4.78 is 5.90. The molecule has 0 aliphatic rings. The highest BCUT2D eigenvalue weighted by atomic mass is 35.5. The van der Waals surface area contributed by atoms with Crippen LogP contribution in [-0.4, -0.2) is 11.1 Å². The van der Waals surface area contributed by atoms with E-state index in [0.717, 1.165) is 39.0 Å². The Labute approximate surface area is 167 Å². The molecule has 3 nitrogen and oxygen atoms in total. The van der Waals surface area contributed by atoms with Crippen LogP contribution in [0.1, 0.15) is 27.0 Å². The predicted molar refractivity (Wildman–Crippen MR) is 114 cm³/mol. The molecule has 0 radical (unpaired) electrons. The molecule has 4 rings (SSSR count). The van der Waals surface area contributed by atoms with E-state index in [1.807, 2.05) is 73.7 Å². The van der Waals surface area contributed by atoms with Gasteiger partial charge in [-0.3, -0.25) is 0 Å². The van der Waals surface area contributed by atoms with Crippen molar-refractivity contribution in [1.29, 1.82) is 0 Å². The fourth-order valence-electron chi connectivity index (χ4n) is 3.10. The molecule has 1 heterocycles. The molecule has 0 amide bonds. The number of carbonyl (C=O) groups is 1. The largest absolute Gasteiger partial charge is 0.478 e. The summed E-state index contributed by atoms with van der Waals surface area (Å²) >= 11 is 6.04. The second-order valence-electron chi connectivity index (χ2n) is 6.62. The van der Waals surface area contributed by atoms with E-state index in [4.69, 9.17) is 21.1 Å². The predicted octanol–water partition coefficient (Wildman–Crippen LogP) is 6.93. The highest BCUT2D eigenvalue weighted by Crippen LogP contribution is 2.30. The lowest BCUT2D eigenvalue weighted by Gasteiger charge is -2.02. The minimum atomic E-state index is -0.915. The number of aryl methyl sites for hydroxylation is 1. The molecule has 0 fully saturated rings. The number of furan rings is 1. The molecule has 0 aliphatic carbocycles. The number of hydrogen-bond donors (Lipinski definition) is 1. The van der Waals surface area contributed by atoms with Crippen molar-refractivity contribution in [3.8, 4) is 11.3 Å². The summed E-state index contributed by atoms with van der Waals surface area (Å²) in [7, 11) is 0. The zero-order valence-electron chi connectivity index (χ0n) is 15.1. The van der Waals surface area contributed by atoms with Crippen molar-refractivity contribution in [2.24, 2.45) is 0 Å². The molecule has 28 heavy (non-hydrogen) atoms. The topological polar surface area (TPSA) is 50.4 Å². The van der Waals surface area contributed by atoms with E-state index in [0.29, 0.717) is 10.6 Å². The first-order valence-corrected chi connectivity index (χ1v) is 9.19. The molecule has 1 N–H and O–H groups in total. The molecule has 0 aliphatic heterocycles. The Morgan fingerprint density at radius 1 is 0.964 bits per heavy atom. The molecule has 0 spiro atoms. The zero-order valence-corrected chi connectivity index (χ0v) is 15.9. The Hall–Kier alpha value is -3.30. The molecule has 0 saturated carbocycles. The number of aromatic carboxylic acids is 1. The van der Waals surface area contributed by atoms with Gasteiger partial charge in [-0.2, -0.15) is 0 Å². The third-order valence-electron chi connectivity index (χ3n) is 4.65. The van der Waals surface area contributed by atoms with Gasteiger partial charge in [0, 0.05) is 16.0 Å². The fraction of sp³-hybridized carbons (Fsp3) is 0.0417. The molecular weight excluding hydrogens is 372 g/mol. The Kier molecular flexibility index (Phi) is 4.76. The van der Waals surface area contributed by atoms with Crippen molar-refractivity contribution in [3.05, 3.63) is 94.0 Å². The van der Waals surface area contributed by atoms with Crippen molar-refractivity contribution in [1.82, 2.24) is 0 Å². The molecule has 4 aromatic rings. The van der Waals surface area contributed by atoms with Gasteiger partial charge in [-0.25, -0.2) is 4.79 Å². The average Bonchev–Trinajstić information content (AvgIpc) is 3.10. The average molecular weight is 389 g/mol. The molecule has 0 unspecified atom stereocenters. The molecule has 138 valence electrons. The first kappa shape index (κ1) is 18.1. The highest BCUT2D eigenvalue weighted by Gasteiger charge is 2.07. The maximum absolute atomic E-state index is 11.0. The fourth-order valence-corrected chi connectivity index (χ4v) is 3.28. The minimum absolute atomic E-state index is 0.297. The van der Waals surface area contributed by atoms with E-state index in [1.165, 1.54) is 0 Å². The van der Waals surface area contributed by atoms with Gasteiger partial charge in [-0.1, -0.05) is 54.1 Å². The number of fused-ring (bicyclic) bond motifs is 1. The summed E-state index contributed by atoms with van der Waals surface area (Å²) in [5.41, 5.74) is 5.06. The normalized spacial score (nSPS) is 11.4. The van der Waals surface area contributed by atoms with Crippen LogP contribution in [0.15, 0.2) is 71.1 Å². The first-order valence-electron chi connectivity index (χ1n) is 8.81. The molecule has 3 aromatic carbocycles. The standard InChI is InChI=1S/C24H17ClO3/c1-15-12-19(24(26)27)9-8-17(15)5-2-16-3-6-18(7-4-16)23-14-20-13-21(25)10-11-22(20)28-23/h2-14H,1H3,(H,26,27). The molecule has 0 bridgehead atoms. The molecule has 0 saturated heterocycles. The van der Waals surface area contributed by atoms with Gasteiger partial charge in [0.1, 0.15) is 11.3 Å². The van der Waals surface area contributed by atoms with Crippen molar-refractivity contribution in [2.45, 2.75) is 6.92 Å². The van der Waals surface area contributed by atoms with Gasteiger partial charge in [-0.15, -0.1) is 0 Å². The maximum Gasteiger partial charge on any atom is 0.335 e. The minimum Gasteiger partial charge on any atom is -0.478 e. The molecule has 0 atom stereocenters. The number of carboxylic acids is 1. The lowest BCUT2D eigenvalue weighted by Crippen LogP contribution is -1.96. The van der Waals surface area contributed by atoms with E-state index in [2.05, 4.69) is 0 Å². The summed E-state index contributed by atoms with van der Waals surface area (Å²) in [6, 6.07) is 20.7. The lowest BCUT2D eigenvalue weighted by molar-refractivity contribution is 0.0697. The molecule has 4 heteroatoms.